The maximum Gasteiger partial charge on any atom is 0.151 e. The van der Waals surface area contributed by atoms with Crippen LogP contribution in [0, 0.1) is 0 Å². The average molecular weight is 170 g/mol. The van der Waals surface area contributed by atoms with Crippen LogP contribution in [-0.2, 0) is 9.53 Å². The lowest BCUT2D eigenvalue weighted by atomic mass is 9.90. The first-order valence-electron chi connectivity index (χ1n) is 4.93. The number of hydrogen-bond donors (Lipinski definition) is 0. The maximum atomic E-state index is 10.6. The normalized spacial score (nSPS) is 28.1. The van der Waals surface area contributed by atoms with Crippen molar-refractivity contribution in [1.82, 2.24) is 0 Å². The molecule has 0 aromatic rings. The number of aldehydes is 1. The molecule has 2 heteroatoms. The molecule has 1 unspecified atom stereocenters. The molecular weight excluding hydrogens is 152 g/mol. The van der Waals surface area contributed by atoms with Crippen LogP contribution in [0.1, 0.15) is 45.4 Å². The SMILES string of the molecule is CCCCCCC1(C=O)CCO1. The van der Waals surface area contributed by atoms with Crippen LogP contribution in [0.3, 0.4) is 0 Å². The van der Waals surface area contributed by atoms with E-state index in [0.29, 0.717) is 0 Å². The average Bonchev–Trinajstić information content (AvgIpc) is 2.02. The van der Waals surface area contributed by atoms with Crippen molar-refractivity contribution in [2.24, 2.45) is 0 Å². The van der Waals surface area contributed by atoms with Gasteiger partial charge in [0.15, 0.2) is 6.29 Å². The van der Waals surface area contributed by atoms with Crippen LogP contribution >= 0.6 is 0 Å². The zero-order chi connectivity index (χ0) is 8.86. The van der Waals surface area contributed by atoms with E-state index < -0.39 is 0 Å². The van der Waals surface area contributed by atoms with Crippen molar-refractivity contribution >= 4 is 6.29 Å². The van der Waals surface area contributed by atoms with Gasteiger partial charge in [-0.25, -0.2) is 0 Å². The number of ether oxygens (including phenoxy) is 1. The summed E-state index contributed by atoms with van der Waals surface area (Å²) in [5, 5.41) is 0. The zero-order valence-electron chi connectivity index (χ0n) is 7.84. The minimum absolute atomic E-state index is 0.367. The van der Waals surface area contributed by atoms with E-state index in [1.54, 1.807) is 0 Å². The minimum atomic E-state index is -0.367. The van der Waals surface area contributed by atoms with Crippen LogP contribution < -0.4 is 0 Å². The van der Waals surface area contributed by atoms with E-state index in [0.717, 1.165) is 32.2 Å². The molecule has 1 heterocycles. The summed E-state index contributed by atoms with van der Waals surface area (Å²) in [6, 6.07) is 0. The van der Waals surface area contributed by atoms with E-state index in [4.69, 9.17) is 4.74 Å². The molecule has 1 fully saturated rings. The lowest BCUT2D eigenvalue weighted by molar-refractivity contribution is -0.163. The predicted molar refractivity (Wildman–Crippen MR) is 48.1 cm³/mol. The largest absolute Gasteiger partial charge is 0.367 e. The Morgan fingerprint density at radius 2 is 2.17 bits per heavy atom. The van der Waals surface area contributed by atoms with Crippen molar-refractivity contribution in [3.05, 3.63) is 0 Å². The summed E-state index contributed by atoms with van der Waals surface area (Å²) < 4.78 is 5.28. The van der Waals surface area contributed by atoms with Crippen LogP contribution in [0.25, 0.3) is 0 Å². The molecule has 0 bridgehead atoms. The van der Waals surface area contributed by atoms with Crippen LogP contribution in [-0.4, -0.2) is 18.5 Å². The topological polar surface area (TPSA) is 26.3 Å². The molecule has 0 N–H and O–H groups in total. The Kier molecular flexibility index (Phi) is 3.73. The Morgan fingerprint density at radius 3 is 2.58 bits per heavy atom. The molecule has 1 aliphatic heterocycles. The van der Waals surface area contributed by atoms with Gasteiger partial charge in [-0.05, 0) is 6.42 Å². The van der Waals surface area contributed by atoms with Crippen molar-refractivity contribution in [3.8, 4) is 0 Å². The maximum absolute atomic E-state index is 10.6. The number of hydrogen-bond acceptors (Lipinski definition) is 2. The molecule has 0 aromatic carbocycles. The van der Waals surface area contributed by atoms with Crippen molar-refractivity contribution < 1.29 is 9.53 Å². The summed E-state index contributed by atoms with van der Waals surface area (Å²) >= 11 is 0. The Balaban J connectivity index is 2.08. The summed E-state index contributed by atoms with van der Waals surface area (Å²) in [7, 11) is 0. The molecule has 12 heavy (non-hydrogen) atoms. The minimum Gasteiger partial charge on any atom is -0.367 e. The number of carbonyl (C=O) groups excluding carboxylic acids is 1. The summed E-state index contributed by atoms with van der Waals surface area (Å²) in [4.78, 5) is 10.6. The molecule has 0 spiro atoms. The molecule has 1 rings (SSSR count). The van der Waals surface area contributed by atoms with Gasteiger partial charge in [0.1, 0.15) is 5.60 Å². The van der Waals surface area contributed by atoms with Gasteiger partial charge in [0, 0.05) is 6.42 Å². The van der Waals surface area contributed by atoms with Gasteiger partial charge >= 0.3 is 0 Å². The number of unbranched alkanes of at least 4 members (excludes halogenated alkanes) is 3. The number of rotatable bonds is 6. The van der Waals surface area contributed by atoms with Gasteiger partial charge < -0.3 is 9.53 Å². The van der Waals surface area contributed by atoms with E-state index in [1.165, 1.54) is 19.3 Å². The summed E-state index contributed by atoms with van der Waals surface area (Å²) in [6.45, 7) is 2.96. The third-order valence-corrected chi connectivity index (χ3v) is 2.58. The van der Waals surface area contributed by atoms with Gasteiger partial charge in [-0.2, -0.15) is 0 Å². The van der Waals surface area contributed by atoms with E-state index in [-0.39, 0.29) is 5.60 Å². The highest BCUT2D eigenvalue weighted by atomic mass is 16.5. The van der Waals surface area contributed by atoms with Gasteiger partial charge in [0.2, 0.25) is 0 Å². The highest BCUT2D eigenvalue weighted by molar-refractivity contribution is 5.63. The molecule has 0 saturated carbocycles. The molecule has 0 aliphatic carbocycles. The van der Waals surface area contributed by atoms with Crippen molar-refractivity contribution in [3.63, 3.8) is 0 Å². The standard InChI is InChI=1S/C10H18O2/c1-2-3-4-5-6-10(9-11)7-8-12-10/h9H,2-8H2,1H3. The quantitative estimate of drug-likeness (QED) is 0.451. The molecule has 2 nitrogen and oxygen atoms in total. The summed E-state index contributed by atoms with van der Waals surface area (Å²) in [5.74, 6) is 0. The number of carbonyl (C=O) groups is 1. The molecular formula is C10H18O2. The second-order valence-corrected chi connectivity index (χ2v) is 3.59. The fourth-order valence-electron chi connectivity index (χ4n) is 1.56. The first-order chi connectivity index (χ1) is 5.83. The lowest BCUT2D eigenvalue weighted by Crippen LogP contribution is -2.45. The van der Waals surface area contributed by atoms with Gasteiger partial charge in [0.05, 0.1) is 6.61 Å². The highest BCUT2D eigenvalue weighted by Crippen LogP contribution is 2.29. The molecule has 1 saturated heterocycles. The van der Waals surface area contributed by atoms with Crippen molar-refractivity contribution in [1.29, 1.82) is 0 Å². The monoisotopic (exact) mass is 170 g/mol. The molecule has 70 valence electrons. The summed E-state index contributed by atoms with van der Waals surface area (Å²) in [5.41, 5.74) is -0.367. The third-order valence-electron chi connectivity index (χ3n) is 2.58. The Hall–Kier alpha value is -0.370. The van der Waals surface area contributed by atoms with Gasteiger partial charge in [-0.3, -0.25) is 0 Å². The molecule has 1 aliphatic rings. The van der Waals surface area contributed by atoms with Crippen LogP contribution in [0.2, 0.25) is 0 Å². The van der Waals surface area contributed by atoms with Gasteiger partial charge in [0.25, 0.3) is 0 Å². The fraction of sp³-hybridized carbons (Fsp3) is 0.900. The second kappa shape index (κ2) is 4.61. The predicted octanol–water partition coefficient (Wildman–Crippen LogP) is 2.31. The first kappa shape index (κ1) is 9.72. The van der Waals surface area contributed by atoms with E-state index in [9.17, 15) is 4.79 Å². The smallest absolute Gasteiger partial charge is 0.151 e. The second-order valence-electron chi connectivity index (χ2n) is 3.59. The molecule has 0 amide bonds. The molecule has 0 radical (unpaired) electrons. The van der Waals surface area contributed by atoms with Crippen LogP contribution in [0.4, 0.5) is 0 Å². The fourth-order valence-corrected chi connectivity index (χ4v) is 1.56. The Morgan fingerprint density at radius 1 is 1.42 bits per heavy atom. The van der Waals surface area contributed by atoms with Gasteiger partial charge in [-0.15, -0.1) is 0 Å². The third kappa shape index (κ3) is 2.31. The molecule has 0 aromatic heterocycles. The first-order valence-corrected chi connectivity index (χ1v) is 4.93. The van der Waals surface area contributed by atoms with E-state index >= 15 is 0 Å². The highest BCUT2D eigenvalue weighted by Gasteiger charge is 2.37. The Bertz CT molecular complexity index is 139. The molecule has 1 atom stereocenters. The van der Waals surface area contributed by atoms with Crippen molar-refractivity contribution in [2.45, 2.75) is 51.0 Å². The van der Waals surface area contributed by atoms with E-state index in [2.05, 4.69) is 6.92 Å². The van der Waals surface area contributed by atoms with Crippen LogP contribution in [0.15, 0.2) is 0 Å². The zero-order valence-corrected chi connectivity index (χ0v) is 7.84. The van der Waals surface area contributed by atoms with E-state index in [1.807, 2.05) is 0 Å². The summed E-state index contributed by atoms with van der Waals surface area (Å²) in [6.07, 6.45) is 7.73. The van der Waals surface area contributed by atoms with Crippen LogP contribution in [0.5, 0.6) is 0 Å². The Labute approximate surface area is 74.3 Å². The van der Waals surface area contributed by atoms with Crippen molar-refractivity contribution in [2.75, 3.05) is 6.61 Å². The lowest BCUT2D eigenvalue weighted by Gasteiger charge is -2.36. The van der Waals surface area contributed by atoms with Gasteiger partial charge in [-0.1, -0.05) is 32.6 Å².